The number of carboxylic acid groups (broad SMARTS) is 2. The van der Waals surface area contributed by atoms with Gasteiger partial charge >= 0.3 is 11.9 Å². The molecule has 0 aliphatic heterocycles. The van der Waals surface area contributed by atoms with E-state index < -0.39 is 18.0 Å². The second kappa shape index (κ2) is 7.38. The Balaban J connectivity index is 2.55. The molecule has 0 saturated carbocycles. The lowest BCUT2D eigenvalue weighted by molar-refractivity contribution is -0.140. The largest absolute Gasteiger partial charge is 0.497 e. The minimum absolute atomic E-state index is 0.0502. The zero-order valence-electron chi connectivity index (χ0n) is 10.6. The molecule has 0 aromatic heterocycles. The van der Waals surface area contributed by atoms with Gasteiger partial charge in [-0.15, -0.1) is 0 Å². The van der Waals surface area contributed by atoms with Crippen LogP contribution >= 0.6 is 0 Å². The van der Waals surface area contributed by atoms with E-state index in [1.54, 1.807) is 19.2 Å². The van der Waals surface area contributed by atoms with Crippen molar-refractivity contribution in [3.63, 3.8) is 0 Å². The second-order valence-electron chi connectivity index (χ2n) is 4.06. The van der Waals surface area contributed by atoms with E-state index in [1.807, 2.05) is 12.1 Å². The maximum absolute atomic E-state index is 11.0. The molecule has 1 unspecified atom stereocenters. The van der Waals surface area contributed by atoms with E-state index in [0.29, 0.717) is 12.3 Å². The van der Waals surface area contributed by atoms with Crippen LogP contribution in [-0.4, -0.2) is 35.3 Å². The first-order valence-electron chi connectivity index (χ1n) is 5.84. The summed E-state index contributed by atoms with van der Waals surface area (Å²) in [6.45, 7) is 0.341. The van der Waals surface area contributed by atoms with Gasteiger partial charge in [-0.2, -0.15) is 0 Å². The summed E-state index contributed by atoms with van der Waals surface area (Å²) in [7, 11) is 1.56. The molecule has 19 heavy (non-hydrogen) atoms. The van der Waals surface area contributed by atoms with Crippen molar-refractivity contribution in [3.8, 4) is 5.75 Å². The molecular formula is C13H17NO5. The summed E-state index contributed by atoms with van der Waals surface area (Å²) in [5.74, 6) is -1.37. The van der Waals surface area contributed by atoms with Crippen molar-refractivity contribution in [3.05, 3.63) is 29.8 Å². The third-order valence-electron chi connectivity index (χ3n) is 2.63. The van der Waals surface area contributed by atoms with Gasteiger partial charge in [-0.3, -0.25) is 9.59 Å². The van der Waals surface area contributed by atoms with Crippen molar-refractivity contribution in [2.45, 2.75) is 25.4 Å². The summed E-state index contributed by atoms with van der Waals surface area (Å²) in [5, 5.41) is 20.4. The molecule has 0 bridgehead atoms. The zero-order valence-corrected chi connectivity index (χ0v) is 10.6. The molecule has 1 aromatic carbocycles. The fourth-order valence-electron chi connectivity index (χ4n) is 1.60. The van der Waals surface area contributed by atoms with E-state index in [1.165, 1.54) is 0 Å². The highest BCUT2D eigenvalue weighted by Gasteiger charge is 2.17. The molecule has 104 valence electrons. The van der Waals surface area contributed by atoms with Crippen LogP contribution in [0, 0.1) is 0 Å². The van der Waals surface area contributed by atoms with Gasteiger partial charge in [-0.25, -0.2) is 0 Å². The van der Waals surface area contributed by atoms with E-state index in [0.717, 1.165) is 5.56 Å². The molecule has 1 atom stereocenters. The molecule has 6 heteroatoms. The van der Waals surface area contributed by atoms with Crippen molar-refractivity contribution in [1.82, 2.24) is 5.32 Å². The zero-order chi connectivity index (χ0) is 14.3. The quantitative estimate of drug-likeness (QED) is 0.653. The van der Waals surface area contributed by atoms with Crippen LogP contribution in [0.5, 0.6) is 5.75 Å². The summed E-state index contributed by atoms with van der Waals surface area (Å²) in [6.07, 6.45) is -0.128. The molecule has 0 heterocycles. The van der Waals surface area contributed by atoms with Gasteiger partial charge in [0.05, 0.1) is 7.11 Å². The van der Waals surface area contributed by atoms with E-state index in [4.69, 9.17) is 14.9 Å². The Kier molecular flexibility index (Phi) is 5.81. The molecular weight excluding hydrogens is 250 g/mol. The highest BCUT2D eigenvalue weighted by molar-refractivity contribution is 5.75. The summed E-state index contributed by atoms with van der Waals surface area (Å²) in [6, 6.07) is 6.36. The molecule has 6 nitrogen and oxygen atoms in total. The van der Waals surface area contributed by atoms with Crippen LogP contribution in [0.4, 0.5) is 0 Å². The molecule has 0 amide bonds. The Morgan fingerprint density at radius 3 is 2.68 bits per heavy atom. The van der Waals surface area contributed by atoms with E-state index in [2.05, 4.69) is 5.32 Å². The predicted octanol–water partition coefficient (Wildman–Crippen LogP) is 1.10. The minimum Gasteiger partial charge on any atom is -0.497 e. The number of hydrogen-bond acceptors (Lipinski definition) is 4. The fourth-order valence-corrected chi connectivity index (χ4v) is 1.60. The van der Waals surface area contributed by atoms with Gasteiger partial charge in [-0.05, 0) is 24.1 Å². The van der Waals surface area contributed by atoms with E-state index >= 15 is 0 Å². The highest BCUT2D eigenvalue weighted by Crippen LogP contribution is 2.12. The van der Waals surface area contributed by atoms with Crippen molar-refractivity contribution in [2.75, 3.05) is 7.11 Å². The number of aliphatic carboxylic acids is 2. The summed E-state index contributed by atoms with van der Waals surface area (Å²) >= 11 is 0. The first kappa shape index (κ1) is 15.0. The topological polar surface area (TPSA) is 95.9 Å². The lowest BCUT2D eigenvalue weighted by atomic mass is 10.1. The Hall–Kier alpha value is -2.08. The first-order chi connectivity index (χ1) is 9.02. The van der Waals surface area contributed by atoms with Crippen molar-refractivity contribution in [1.29, 1.82) is 0 Å². The Bertz CT molecular complexity index is 446. The fraction of sp³-hybridized carbons (Fsp3) is 0.385. The molecule has 0 fully saturated rings. The minimum atomic E-state index is -1.05. The van der Waals surface area contributed by atoms with Crippen LogP contribution in [0.2, 0.25) is 0 Å². The summed E-state index contributed by atoms with van der Waals surface area (Å²) in [4.78, 5) is 21.4. The van der Waals surface area contributed by atoms with Gasteiger partial charge in [0.25, 0.3) is 0 Å². The van der Waals surface area contributed by atoms with E-state index in [-0.39, 0.29) is 12.8 Å². The molecule has 0 saturated heterocycles. The molecule has 0 spiro atoms. The predicted molar refractivity (Wildman–Crippen MR) is 68.1 cm³/mol. The molecule has 0 aliphatic rings. The third kappa shape index (κ3) is 5.39. The van der Waals surface area contributed by atoms with Crippen LogP contribution in [0.3, 0.4) is 0 Å². The van der Waals surface area contributed by atoms with Gasteiger partial charge in [0.1, 0.15) is 11.8 Å². The van der Waals surface area contributed by atoms with Crippen LogP contribution in [-0.2, 0) is 16.1 Å². The van der Waals surface area contributed by atoms with Gasteiger partial charge in [0.15, 0.2) is 0 Å². The van der Waals surface area contributed by atoms with Crippen molar-refractivity contribution >= 4 is 11.9 Å². The summed E-state index contributed by atoms with van der Waals surface area (Å²) in [5.41, 5.74) is 0.876. The number of nitrogens with one attached hydrogen (secondary N) is 1. The Morgan fingerprint density at radius 1 is 1.37 bits per heavy atom. The number of methoxy groups -OCH3 is 1. The van der Waals surface area contributed by atoms with Gasteiger partial charge < -0.3 is 20.3 Å². The smallest absolute Gasteiger partial charge is 0.320 e. The molecule has 1 rings (SSSR count). The van der Waals surface area contributed by atoms with E-state index in [9.17, 15) is 9.59 Å². The second-order valence-corrected chi connectivity index (χ2v) is 4.06. The number of hydrogen-bond donors (Lipinski definition) is 3. The standard InChI is InChI=1S/C13H17NO5/c1-19-10-4-2-3-9(7-10)8-14-11(13(17)18)5-6-12(15)16/h2-4,7,11,14H,5-6,8H2,1H3,(H,15,16)(H,17,18). The van der Waals surface area contributed by atoms with Crippen molar-refractivity contribution in [2.24, 2.45) is 0 Å². The lowest BCUT2D eigenvalue weighted by Crippen LogP contribution is -2.36. The Labute approximate surface area is 111 Å². The average Bonchev–Trinajstić information content (AvgIpc) is 2.38. The lowest BCUT2D eigenvalue weighted by Gasteiger charge is -2.13. The average molecular weight is 267 g/mol. The van der Waals surface area contributed by atoms with Gasteiger partial charge in [0, 0.05) is 13.0 Å². The number of rotatable bonds is 8. The molecule has 0 radical (unpaired) electrons. The monoisotopic (exact) mass is 267 g/mol. The van der Waals surface area contributed by atoms with Crippen LogP contribution in [0.1, 0.15) is 18.4 Å². The van der Waals surface area contributed by atoms with Crippen LogP contribution in [0.25, 0.3) is 0 Å². The maximum atomic E-state index is 11.0. The molecule has 0 aliphatic carbocycles. The summed E-state index contributed by atoms with van der Waals surface area (Å²) < 4.78 is 5.07. The molecule has 1 aromatic rings. The SMILES string of the molecule is COc1cccc(CNC(CCC(=O)O)C(=O)O)c1. The number of carboxylic acids is 2. The van der Waals surface area contributed by atoms with Crippen molar-refractivity contribution < 1.29 is 24.5 Å². The number of benzene rings is 1. The maximum Gasteiger partial charge on any atom is 0.320 e. The van der Waals surface area contributed by atoms with Crippen LogP contribution in [0.15, 0.2) is 24.3 Å². The normalized spacial score (nSPS) is 11.8. The third-order valence-corrected chi connectivity index (χ3v) is 2.63. The van der Waals surface area contributed by atoms with Crippen LogP contribution < -0.4 is 10.1 Å². The highest BCUT2D eigenvalue weighted by atomic mass is 16.5. The van der Waals surface area contributed by atoms with Gasteiger partial charge in [0.2, 0.25) is 0 Å². The first-order valence-corrected chi connectivity index (χ1v) is 5.84. The number of ether oxygens (including phenoxy) is 1. The molecule has 3 N–H and O–H groups in total. The number of carbonyl (C=O) groups is 2. The van der Waals surface area contributed by atoms with Gasteiger partial charge in [-0.1, -0.05) is 12.1 Å². The Morgan fingerprint density at radius 2 is 2.11 bits per heavy atom.